The molecule has 1 aromatic rings. The highest BCUT2D eigenvalue weighted by atomic mass is 16.7. The maximum absolute atomic E-state index is 13.3. The molecule has 0 bridgehead atoms. The largest absolute Gasteiger partial charge is 0.457 e. The Kier molecular flexibility index (Phi) is 10.7. The number of carbonyl (C=O) groups excluding carboxylic acids is 3. The van der Waals surface area contributed by atoms with Gasteiger partial charge in [-0.05, 0) is 43.7 Å². The molecule has 1 aromatic carbocycles. The maximum Gasteiger partial charge on any atom is 0.331 e. The minimum atomic E-state index is -1.21. The molecule has 0 spiro atoms. The Balaban J connectivity index is 1.61. The second-order valence-corrected chi connectivity index (χ2v) is 11.6. The molecule has 6 atom stereocenters. The number of amides is 2. The summed E-state index contributed by atoms with van der Waals surface area (Å²) < 4.78 is 22.8. The van der Waals surface area contributed by atoms with E-state index in [1.165, 1.54) is 13.2 Å². The first kappa shape index (κ1) is 31.5. The first-order chi connectivity index (χ1) is 18.8. The number of hydrogen-bond acceptors (Lipinski definition) is 8. The Morgan fingerprint density at radius 3 is 2.52 bits per heavy atom. The average Bonchev–Trinajstić information content (AvgIpc) is 3.05. The van der Waals surface area contributed by atoms with E-state index in [0.717, 1.165) is 5.56 Å². The number of nitrogens with one attached hydrogen (secondary N) is 2. The lowest BCUT2D eigenvalue weighted by atomic mass is 9.93. The van der Waals surface area contributed by atoms with Crippen molar-refractivity contribution in [1.82, 2.24) is 10.6 Å². The molecule has 220 valence electrons. The number of ether oxygens (including phenoxy) is 4. The fourth-order valence-electron chi connectivity index (χ4n) is 4.52. The summed E-state index contributed by atoms with van der Waals surface area (Å²) in [6.07, 6.45) is 2.55. The fraction of sp³-hybridized carbons (Fsp3) is 0.567. The molecule has 2 amide bonds. The summed E-state index contributed by atoms with van der Waals surface area (Å²) in [5, 5.41) is 16.5. The van der Waals surface area contributed by atoms with Crippen molar-refractivity contribution in [2.75, 3.05) is 13.7 Å². The van der Waals surface area contributed by atoms with Crippen LogP contribution < -0.4 is 10.6 Å². The van der Waals surface area contributed by atoms with Crippen molar-refractivity contribution in [3.05, 3.63) is 54.1 Å². The van der Waals surface area contributed by atoms with Gasteiger partial charge in [-0.25, -0.2) is 4.79 Å². The van der Waals surface area contributed by atoms with Crippen molar-refractivity contribution < 1.29 is 38.4 Å². The van der Waals surface area contributed by atoms with E-state index in [4.69, 9.17) is 18.9 Å². The lowest BCUT2D eigenvalue weighted by Gasteiger charge is -2.45. The highest BCUT2D eigenvalue weighted by Crippen LogP contribution is 2.31. The molecular formula is C30H42N2O8. The first-order valence-corrected chi connectivity index (χ1v) is 13.6. The monoisotopic (exact) mass is 558 g/mol. The fourth-order valence-corrected chi connectivity index (χ4v) is 4.52. The smallest absolute Gasteiger partial charge is 0.331 e. The SMILES string of the molecule is CO[C@@H](C(=O)N[C@H]1CC[C@@H](OC(=O)/C=C/c2ccccc2)CNC1=O)[C@@H]1OC(C)(C)O[C@H](/C=C/C(C)(C)C)[C@@H]1O. The van der Waals surface area contributed by atoms with E-state index in [0.29, 0.717) is 6.42 Å². The van der Waals surface area contributed by atoms with Gasteiger partial charge in [0.05, 0.1) is 6.54 Å². The van der Waals surface area contributed by atoms with Crippen molar-refractivity contribution in [2.45, 2.75) is 89.8 Å². The zero-order valence-corrected chi connectivity index (χ0v) is 24.1. The zero-order chi connectivity index (χ0) is 29.5. The molecule has 0 unspecified atom stereocenters. The van der Waals surface area contributed by atoms with E-state index in [1.54, 1.807) is 26.0 Å². The molecule has 0 saturated carbocycles. The molecule has 2 saturated heterocycles. The van der Waals surface area contributed by atoms with Crippen LogP contribution in [0, 0.1) is 5.41 Å². The minimum Gasteiger partial charge on any atom is -0.457 e. The number of aliphatic hydroxyl groups is 1. The van der Waals surface area contributed by atoms with Gasteiger partial charge in [0.1, 0.15) is 30.5 Å². The first-order valence-electron chi connectivity index (χ1n) is 13.6. The number of methoxy groups -OCH3 is 1. The Morgan fingerprint density at radius 1 is 1.18 bits per heavy atom. The van der Waals surface area contributed by atoms with Crippen LogP contribution in [0.25, 0.3) is 6.08 Å². The Hall–Kier alpha value is -3.05. The molecule has 10 heteroatoms. The lowest BCUT2D eigenvalue weighted by molar-refractivity contribution is -0.334. The summed E-state index contributed by atoms with van der Waals surface area (Å²) in [6, 6.07) is 8.47. The number of benzene rings is 1. The van der Waals surface area contributed by atoms with E-state index in [1.807, 2.05) is 57.2 Å². The van der Waals surface area contributed by atoms with Gasteiger partial charge in [-0.1, -0.05) is 63.3 Å². The normalized spacial score (nSPS) is 28.1. The van der Waals surface area contributed by atoms with Crippen LogP contribution in [0.2, 0.25) is 0 Å². The van der Waals surface area contributed by atoms with Crippen molar-refractivity contribution in [3.63, 3.8) is 0 Å². The van der Waals surface area contributed by atoms with Gasteiger partial charge in [0.2, 0.25) is 5.91 Å². The molecule has 2 fully saturated rings. The van der Waals surface area contributed by atoms with Crippen LogP contribution in [-0.4, -0.2) is 78.9 Å². The maximum atomic E-state index is 13.3. The average molecular weight is 559 g/mol. The second kappa shape index (κ2) is 13.5. The number of esters is 1. The van der Waals surface area contributed by atoms with E-state index in [-0.39, 0.29) is 18.4 Å². The highest BCUT2D eigenvalue weighted by molar-refractivity contribution is 5.90. The summed E-state index contributed by atoms with van der Waals surface area (Å²) >= 11 is 0. The molecule has 0 radical (unpaired) electrons. The van der Waals surface area contributed by atoms with E-state index < -0.39 is 60.1 Å². The molecule has 3 rings (SSSR count). The number of hydrogen-bond donors (Lipinski definition) is 3. The van der Waals surface area contributed by atoms with Crippen molar-refractivity contribution in [3.8, 4) is 0 Å². The summed E-state index contributed by atoms with van der Waals surface area (Å²) in [6.45, 7) is 9.59. The Labute approximate surface area is 236 Å². The topological polar surface area (TPSA) is 132 Å². The minimum absolute atomic E-state index is 0.127. The number of carbonyl (C=O) groups is 3. The van der Waals surface area contributed by atoms with Gasteiger partial charge < -0.3 is 34.7 Å². The molecule has 2 aliphatic rings. The van der Waals surface area contributed by atoms with Crippen LogP contribution in [-0.2, 0) is 33.3 Å². The summed E-state index contributed by atoms with van der Waals surface area (Å²) in [7, 11) is 1.34. The van der Waals surface area contributed by atoms with Gasteiger partial charge in [0.15, 0.2) is 11.9 Å². The summed E-state index contributed by atoms with van der Waals surface area (Å²) in [5.41, 5.74) is 0.721. The second-order valence-electron chi connectivity index (χ2n) is 11.6. The Morgan fingerprint density at radius 2 is 1.88 bits per heavy atom. The molecular weight excluding hydrogens is 516 g/mol. The van der Waals surface area contributed by atoms with Crippen LogP contribution in [0.5, 0.6) is 0 Å². The quantitative estimate of drug-likeness (QED) is 0.252. The Bertz CT molecular complexity index is 1080. The third-order valence-corrected chi connectivity index (χ3v) is 6.52. The van der Waals surface area contributed by atoms with Gasteiger partial charge in [-0.3, -0.25) is 9.59 Å². The predicted molar refractivity (Wildman–Crippen MR) is 149 cm³/mol. The number of rotatable bonds is 8. The molecule has 3 N–H and O–H groups in total. The van der Waals surface area contributed by atoms with Crippen molar-refractivity contribution in [2.24, 2.45) is 5.41 Å². The molecule has 2 heterocycles. The van der Waals surface area contributed by atoms with Crippen LogP contribution in [0.4, 0.5) is 0 Å². The van der Waals surface area contributed by atoms with Gasteiger partial charge in [-0.15, -0.1) is 0 Å². The van der Waals surface area contributed by atoms with Gasteiger partial charge in [0, 0.05) is 13.2 Å². The van der Waals surface area contributed by atoms with E-state index in [9.17, 15) is 19.5 Å². The highest BCUT2D eigenvalue weighted by Gasteiger charge is 2.48. The summed E-state index contributed by atoms with van der Waals surface area (Å²) in [4.78, 5) is 38.3. The van der Waals surface area contributed by atoms with Crippen LogP contribution >= 0.6 is 0 Å². The van der Waals surface area contributed by atoms with Crippen LogP contribution in [0.1, 0.15) is 53.0 Å². The van der Waals surface area contributed by atoms with Crippen molar-refractivity contribution >= 4 is 23.9 Å². The van der Waals surface area contributed by atoms with E-state index in [2.05, 4.69) is 10.6 Å². The third kappa shape index (κ3) is 9.26. The lowest BCUT2D eigenvalue weighted by Crippen LogP contribution is -2.62. The third-order valence-electron chi connectivity index (χ3n) is 6.52. The van der Waals surface area contributed by atoms with Gasteiger partial charge >= 0.3 is 5.97 Å². The molecule has 10 nitrogen and oxygen atoms in total. The molecule has 2 aliphatic heterocycles. The van der Waals surface area contributed by atoms with Gasteiger partial charge in [-0.2, -0.15) is 0 Å². The standard InChI is InChI=1S/C30H42N2O8/c1-29(2,3)17-16-22-24(34)25(40-30(4,5)39-22)26(37-6)28(36)32-21-14-13-20(18-31-27(21)35)38-23(33)15-12-19-10-8-7-9-11-19/h7-12,15-17,20-22,24-26,34H,13-14,18H2,1-6H3,(H,31,35)(H,32,36)/b15-12+,17-16+/t20-,21+,22-,24+,25-,26-/m1/s1. The van der Waals surface area contributed by atoms with Crippen LogP contribution in [0.3, 0.4) is 0 Å². The predicted octanol–water partition coefficient (Wildman–Crippen LogP) is 2.50. The zero-order valence-electron chi connectivity index (χ0n) is 24.1. The number of allylic oxidation sites excluding steroid dienone is 1. The molecule has 0 aliphatic carbocycles. The molecule has 0 aromatic heterocycles. The summed E-state index contributed by atoms with van der Waals surface area (Å²) in [5.74, 6) is -2.63. The van der Waals surface area contributed by atoms with Crippen LogP contribution in [0.15, 0.2) is 48.6 Å². The van der Waals surface area contributed by atoms with E-state index >= 15 is 0 Å². The number of aliphatic hydroxyl groups excluding tert-OH is 1. The molecule has 40 heavy (non-hydrogen) atoms. The van der Waals surface area contributed by atoms with Gasteiger partial charge in [0.25, 0.3) is 5.91 Å². The van der Waals surface area contributed by atoms with Crippen molar-refractivity contribution in [1.29, 1.82) is 0 Å².